The van der Waals surface area contributed by atoms with Crippen LogP contribution in [0.5, 0.6) is 5.88 Å². The van der Waals surface area contributed by atoms with Gasteiger partial charge in [-0.1, -0.05) is 17.7 Å². The first-order valence-electron chi connectivity index (χ1n) is 10.5. The number of carbonyl (C=O) groups is 2. The molecule has 0 unspecified atom stereocenters. The van der Waals surface area contributed by atoms with E-state index in [2.05, 4.69) is 31.2 Å². The molecule has 0 aliphatic carbocycles. The van der Waals surface area contributed by atoms with Crippen LogP contribution in [0.15, 0.2) is 41.0 Å². The third-order valence-corrected chi connectivity index (χ3v) is 6.07. The fraction of sp³-hybridized carbons (Fsp3) is 0.391. The standard InChI is InChI=1S/C23H27BrClN5O3/c1-29(2)9-4-5-21(31)27-19-7-6-16(12-18(19)25)23(32)30-10-8-15(14-30)11-20-26-13-17(24)22(28-20)33-3/h4-7,12-13,15H,8-11,14H2,1-3H3,(H,27,31)/b5-4+/t15-/m0/s1. The summed E-state index contributed by atoms with van der Waals surface area (Å²) in [5, 5.41) is 3.06. The normalized spacial score (nSPS) is 15.9. The lowest BCUT2D eigenvalue weighted by molar-refractivity contribution is -0.111. The first kappa shape index (κ1) is 25.1. The molecule has 176 valence electrons. The number of carbonyl (C=O) groups excluding carboxylic acids is 2. The predicted molar refractivity (Wildman–Crippen MR) is 132 cm³/mol. The van der Waals surface area contributed by atoms with Crippen LogP contribution in [0.4, 0.5) is 5.69 Å². The minimum absolute atomic E-state index is 0.0857. The third kappa shape index (κ3) is 6.99. The smallest absolute Gasteiger partial charge is 0.253 e. The molecule has 2 aromatic rings. The van der Waals surface area contributed by atoms with E-state index in [-0.39, 0.29) is 17.7 Å². The molecule has 1 N–H and O–H groups in total. The number of hydrogen-bond donors (Lipinski definition) is 1. The molecule has 1 aromatic heterocycles. The molecule has 10 heteroatoms. The first-order valence-corrected chi connectivity index (χ1v) is 11.7. The Morgan fingerprint density at radius 2 is 2.18 bits per heavy atom. The van der Waals surface area contributed by atoms with Crippen molar-refractivity contribution in [2.75, 3.05) is 46.2 Å². The third-order valence-electron chi connectivity index (χ3n) is 5.21. The summed E-state index contributed by atoms with van der Waals surface area (Å²) < 4.78 is 5.94. The Morgan fingerprint density at radius 3 is 2.88 bits per heavy atom. The van der Waals surface area contributed by atoms with Crippen molar-refractivity contribution in [1.29, 1.82) is 0 Å². The van der Waals surface area contributed by atoms with Crippen molar-refractivity contribution in [3.05, 3.63) is 57.4 Å². The Kier molecular flexibility index (Phi) is 8.82. The van der Waals surface area contributed by atoms with Crippen molar-refractivity contribution < 1.29 is 14.3 Å². The van der Waals surface area contributed by atoms with Crippen molar-refractivity contribution in [2.45, 2.75) is 12.8 Å². The number of methoxy groups -OCH3 is 1. The van der Waals surface area contributed by atoms with Gasteiger partial charge in [0.1, 0.15) is 5.82 Å². The summed E-state index contributed by atoms with van der Waals surface area (Å²) in [5.74, 6) is 1.10. The van der Waals surface area contributed by atoms with Gasteiger partial charge in [-0.15, -0.1) is 0 Å². The summed E-state index contributed by atoms with van der Waals surface area (Å²) in [5.41, 5.74) is 0.955. The Bertz CT molecular complexity index is 1050. The van der Waals surface area contributed by atoms with Gasteiger partial charge in [-0.05, 0) is 60.6 Å². The van der Waals surface area contributed by atoms with Gasteiger partial charge in [0, 0.05) is 43.9 Å². The largest absolute Gasteiger partial charge is 0.480 e. The zero-order chi connectivity index (χ0) is 24.0. The molecule has 8 nitrogen and oxygen atoms in total. The lowest BCUT2D eigenvalue weighted by atomic mass is 10.0. The van der Waals surface area contributed by atoms with E-state index in [0.717, 1.165) is 6.42 Å². The molecule has 0 spiro atoms. The molecule has 3 rings (SSSR count). The molecule has 1 aliphatic heterocycles. The number of likely N-dealkylation sites (N-methyl/N-ethyl adjacent to an activating group) is 1. The maximum Gasteiger partial charge on any atom is 0.253 e. The average molecular weight is 537 g/mol. The van der Waals surface area contributed by atoms with Crippen molar-refractivity contribution >= 4 is 45.0 Å². The van der Waals surface area contributed by atoms with Gasteiger partial charge in [0.15, 0.2) is 0 Å². The quantitative estimate of drug-likeness (QED) is 0.518. The minimum atomic E-state index is -0.271. The Balaban J connectivity index is 1.58. The number of amides is 2. The molecule has 1 fully saturated rings. The van der Waals surface area contributed by atoms with Gasteiger partial charge in [-0.3, -0.25) is 9.59 Å². The molecule has 2 amide bonds. The van der Waals surface area contributed by atoms with Crippen LogP contribution in [0.2, 0.25) is 5.02 Å². The Labute approximate surface area is 207 Å². The van der Waals surface area contributed by atoms with Crippen molar-refractivity contribution in [2.24, 2.45) is 5.92 Å². The fourth-order valence-electron chi connectivity index (χ4n) is 3.55. The molecule has 0 saturated carbocycles. The highest BCUT2D eigenvalue weighted by atomic mass is 79.9. The summed E-state index contributed by atoms with van der Waals surface area (Å²) >= 11 is 9.69. The zero-order valence-electron chi connectivity index (χ0n) is 18.8. The summed E-state index contributed by atoms with van der Waals surface area (Å²) in [6, 6.07) is 4.94. The molecule has 33 heavy (non-hydrogen) atoms. The number of hydrogen-bond acceptors (Lipinski definition) is 6. The van der Waals surface area contributed by atoms with Gasteiger partial charge >= 0.3 is 0 Å². The van der Waals surface area contributed by atoms with Crippen molar-refractivity contribution in [3.8, 4) is 5.88 Å². The van der Waals surface area contributed by atoms with Crippen LogP contribution in [0.25, 0.3) is 0 Å². The van der Waals surface area contributed by atoms with Gasteiger partial charge in [0.2, 0.25) is 11.8 Å². The molecule has 1 aromatic carbocycles. The molecular formula is C23H27BrClN5O3. The topological polar surface area (TPSA) is 87.7 Å². The number of rotatable bonds is 8. The van der Waals surface area contributed by atoms with Gasteiger partial charge in [0.05, 0.1) is 22.3 Å². The number of halogens is 2. The van der Waals surface area contributed by atoms with Crippen molar-refractivity contribution in [3.63, 3.8) is 0 Å². The summed E-state index contributed by atoms with van der Waals surface area (Å²) in [4.78, 5) is 37.6. The van der Waals surface area contributed by atoms with Crippen LogP contribution in [0.1, 0.15) is 22.6 Å². The van der Waals surface area contributed by atoms with Gasteiger partial charge in [0.25, 0.3) is 5.91 Å². The van der Waals surface area contributed by atoms with E-state index in [1.54, 1.807) is 37.6 Å². The number of aromatic nitrogens is 2. The lowest BCUT2D eigenvalue weighted by Crippen LogP contribution is -2.29. The number of benzene rings is 1. The zero-order valence-corrected chi connectivity index (χ0v) is 21.2. The van der Waals surface area contributed by atoms with Crippen LogP contribution in [0.3, 0.4) is 0 Å². The SMILES string of the molecule is COc1nc(C[C@@H]2CCN(C(=O)c3ccc(NC(=O)/C=C/CN(C)C)c(Cl)c3)C2)ncc1Br. The van der Waals surface area contributed by atoms with Crippen LogP contribution in [-0.4, -0.2) is 72.4 Å². The van der Waals surface area contributed by atoms with E-state index in [1.807, 2.05) is 23.9 Å². The van der Waals surface area contributed by atoms with Crippen LogP contribution < -0.4 is 10.1 Å². The monoisotopic (exact) mass is 535 g/mol. The summed E-state index contributed by atoms with van der Waals surface area (Å²) in [6.07, 6.45) is 6.44. The molecule has 2 heterocycles. The molecule has 0 bridgehead atoms. The van der Waals surface area contributed by atoms with Gasteiger partial charge in [-0.25, -0.2) is 4.98 Å². The maximum atomic E-state index is 13.0. The van der Waals surface area contributed by atoms with Gasteiger partial charge < -0.3 is 19.9 Å². The summed E-state index contributed by atoms with van der Waals surface area (Å²) in [7, 11) is 5.41. The number of likely N-dealkylation sites (tertiary alicyclic amines) is 1. The highest BCUT2D eigenvalue weighted by molar-refractivity contribution is 9.10. The number of nitrogens with zero attached hydrogens (tertiary/aromatic N) is 4. The lowest BCUT2D eigenvalue weighted by Gasteiger charge is -2.17. The molecule has 1 atom stereocenters. The number of nitrogens with one attached hydrogen (secondary N) is 1. The van der Waals surface area contributed by atoms with Crippen LogP contribution in [0, 0.1) is 5.92 Å². The highest BCUT2D eigenvalue weighted by Gasteiger charge is 2.28. The van der Waals surface area contributed by atoms with Gasteiger partial charge in [-0.2, -0.15) is 4.98 Å². The number of ether oxygens (including phenoxy) is 1. The van der Waals surface area contributed by atoms with Crippen LogP contribution in [-0.2, 0) is 11.2 Å². The number of anilines is 1. The second-order valence-corrected chi connectivity index (χ2v) is 9.36. The van der Waals surface area contributed by atoms with E-state index >= 15 is 0 Å². The Hall–Kier alpha value is -2.49. The van der Waals surface area contributed by atoms with E-state index in [1.165, 1.54) is 6.08 Å². The van der Waals surface area contributed by atoms with Crippen molar-refractivity contribution in [1.82, 2.24) is 19.8 Å². The second kappa shape index (κ2) is 11.6. The van der Waals surface area contributed by atoms with E-state index in [4.69, 9.17) is 16.3 Å². The molecule has 1 saturated heterocycles. The Morgan fingerprint density at radius 1 is 1.39 bits per heavy atom. The maximum absolute atomic E-state index is 13.0. The molecular weight excluding hydrogens is 510 g/mol. The molecule has 1 aliphatic rings. The van der Waals surface area contributed by atoms with E-state index in [0.29, 0.717) is 58.5 Å². The minimum Gasteiger partial charge on any atom is -0.480 e. The highest BCUT2D eigenvalue weighted by Crippen LogP contribution is 2.27. The van der Waals surface area contributed by atoms with E-state index < -0.39 is 0 Å². The average Bonchev–Trinajstić information content (AvgIpc) is 3.24. The fourth-order valence-corrected chi connectivity index (χ4v) is 4.13. The summed E-state index contributed by atoms with van der Waals surface area (Å²) in [6.45, 7) is 1.93. The first-order chi connectivity index (χ1) is 15.8. The van der Waals surface area contributed by atoms with E-state index in [9.17, 15) is 9.59 Å². The predicted octanol–water partition coefficient (Wildman–Crippen LogP) is 3.66. The van der Waals surface area contributed by atoms with Crippen LogP contribution >= 0.6 is 27.5 Å². The second-order valence-electron chi connectivity index (χ2n) is 8.10. The molecule has 0 radical (unpaired) electrons.